The maximum Gasteiger partial charge on any atom is 0.0203 e. The van der Waals surface area contributed by atoms with Crippen LogP contribution in [-0.4, -0.2) is 0 Å². The first kappa shape index (κ1) is 7.71. The Morgan fingerprint density at radius 1 is 1.30 bits per heavy atom. The molecule has 0 aliphatic heterocycles. The van der Waals surface area contributed by atoms with Crippen molar-refractivity contribution in [3.05, 3.63) is 28.7 Å². The predicted octanol–water partition coefficient (Wildman–Crippen LogP) is 3.13. The summed E-state index contributed by atoms with van der Waals surface area (Å²) in [6.07, 6.45) is 5.10. The molecule has 0 spiro atoms. The van der Waals surface area contributed by atoms with E-state index in [1.54, 1.807) is 0 Å². The molecule has 2 heteroatoms. The summed E-state index contributed by atoms with van der Waals surface area (Å²) >= 11 is 4.73. The number of thioether (sulfide) groups is 1. The fourth-order valence-corrected chi connectivity index (χ4v) is 1.24. The lowest BCUT2D eigenvalue weighted by molar-refractivity contribution is 1.45. The molecule has 0 fully saturated rings. The van der Waals surface area contributed by atoms with Crippen LogP contribution in [0.1, 0.15) is 0 Å². The van der Waals surface area contributed by atoms with E-state index in [4.69, 9.17) is 6.42 Å². The quantitative estimate of drug-likeness (QED) is 0.510. The van der Waals surface area contributed by atoms with Crippen LogP contribution >= 0.6 is 27.7 Å². The smallest absolute Gasteiger partial charge is 0.0203 e. The molecule has 0 aromatic heterocycles. The molecule has 0 nitrogen and oxygen atoms in total. The highest BCUT2D eigenvalue weighted by Gasteiger charge is 1.88. The van der Waals surface area contributed by atoms with E-state index >= 15 is 0 Å². The molecule has 0 saturated heterocycles. The number of hydrogen-bond acceptors (Lipinski definition) is 1. The fourth-order valence-electron chi connectivity index (χ4n) is 0.571. The van der Waals surface area contributed by atoms with Crippen LogP contribution in [0.5, 0.6) is 0 Å². The van der Waals surface area contributed by atoms with Gasteiger partial charge in [-0.3, -0.25) is 0 Å². The summed E-state index contributed by atoms with van der Waals surface area (Å²) in [6, 6.07) is 7.91. The largest absolute Gasteiger partial charge is 0.108 e. The van der Waals surface area contributed by atoms with Crippen molar-refractivity contribution in [2.24, 2.45) is 0 Å². The van der Waals surface area contributed by atoms with Gasteiger partial charge in [0.1, 0.15) is 0 Å². The second kappa shape index (κ2) is 3.70. The van der Waals surface area contributed by atoms with Gasteiger partial charge in [-0.15, -0.1) is 6.42 Å². The van der Waals surface area contributed by atoms with Crippen molar-refractivity contribution in [3.63, 3.8) is 0 Å². The lowest BCUT2D eigenvalue weighted by atomic mass is 10.4. The van der Waals surface area contributed by atoms with Crippen LogP contribution in [0.25, 0.3) is 0 Å². The first-order chi connectivity index (χ1) is 4.83. The Balaban J connectivity index is 2.81. The molecule has 0 aliphatic carbocycles. The van der Waals surface area contributed by atoms with E-state index in [1.807, 2.05) is 24.3 Å². The number of halogens is 1. The molecule has 0 bridgehead atoms. The van der Waals surface area contributed by atoms with Gasteiger partial charge in [0.15, 0.2) is 0 Å². The minimum absolute atomic E-state index is 1.08. The number of terminal acetylenes is 1. The van der Waals surface area contributed by atoms with Crippen molar-refractivity contribution in [2.45, 2.75) is 4.90 Å². The van der Waals surface area contributed by atoms with Crippen LogP contribution < -0.4 is 0 Å². The van der Waals surface area contributed by atoms with Gasteiger partial charge in [0.05, 0.1) is 0 Å². The Kier molecular flexibility index (Phi) is 2.85. The third kappa shape index (κ3) is 2.09. The van der Waals surface area contributed by atoms with Crippen LogP contribution in [-0.2, 0) is 0 Å². The Morgan fingerprint density at radius 2 is 1.90 bits per heavy atom. The van der Waals surface area contributed by atoms with Gasteiger partial charge in [0, 0.05) is 9.37 Å². The van der Waals surface area contributed by atoms with E-state index in [1.165, 1.54) is 11.8 Å². The fraction of sp³-hybridized carbons (Fsp3) is 0. The zero-order valence-corrected chi connectivity index (χ0v) is 7.58. The average Bonchev–Trinajstić information content (AvgIpc) is 1.95. The van der Waals surface area contributed by atoms with Crippen molar-refractivity contribution in [1.29, 1.82) is 0 Å². The van der Waals surface area contributed by atoms with E-state index in [-0.39, 0.29) is 0 Å². The van der Waals surface area contributed by atoms with Crippen molar-refractivity contribution in [3.8, 4) is 11.7 Å². The monoisotopic (exact) mass is 212 g/mol. The Labute approximate surface area is 73.2 Å². The van der Waals surface area contributed by atoms with E-state index in [0.717, 1.165) is 9.37 Å². The Morgan fingerprint density at radius 3 is 2.40 bits per heavy atom. The van der Waals surface area contributed by atoms with Gasteiger partial charge in [0.25, 0.3) is 0 Å². The van der Waals surface area contributed by atoms with E-state index in [0.29, 0.717) is 0 Å². The van der Waals surface area contributed by atoms with E-state index < -0.39 is 0 Å². The second-order valence-electron chi connectivity index (χ2n) is 1.67. The highest BCUT2D eigenvalue weighted by Crippen LogP contribution is 2.18. The second-order valence-corrected chi connectivity index (χ2v) is 3.50. The van der Waals surface area contributed by atoms with E-state index in [9.17, 15) is 0 Å². The molecular formula is C8H5BrS. The summed E-state index contributed by atoms with van der Waals surface area (Å²) in [5.74, 6) is 0. The molecule has 0 unspecified atom stereocenters. The third-order valence-corrected chi connectivity index (χ3v) is 2.14. The third-order valence-electron chi connectivity index (χ3n) is 0.990. The van der Waals surface area contributed by atoms with Crippen LogP contribution in [0.2, 0.25) is 0 Å². The molecule has 50 valence electrons. The molecule has 0 N–H and O–H groups in total. The Bertz CT molecular complexity index is 245. The van der Waals surface area contributed by atoms with Gasteiger partial charge in [-0.1, -0.05) is 15.9 Å². The summed E-state index contributed by atoms with van der Waals surface area (Å²) in [6.45, 7) is 0. The molecule has 0 atom stereocenters. The zero-order valence-electron chi connectivity index (χ0n) is 5.17. The van der Waals surface area contributed by atoms with Crippen molar-refractivity contribution in [1.82, 2.24) is 0 Å². The summed E-state index contributed by atoms with van der Waals surface area (Å²) in [5, 5.41) is 2.50. The van der Waals surface area contributed by atoms with Crippen LogP contribution in [0.3, 0.4) is 0 Å². The van der Waals surface area contributed by atoms with Gasteiger partial charge in [0.2, 0.25) is 0 Å². The lowest BCUT2D eigenvalue weighted by Crippen LogP contribution is -1.66. The van der Waals surface area contributed by atoms with Crippen LogP contribution in [0.4, 0.5) is 0 Å². The SMILES string of the molecule is C#CSc1ccc(Br)cc1. The van der Waals surface area contributed by atoms with E-state index in [2.05, 4.69) is 21.2 Å². The van der Waals surface area contributed by atoms with Crippen LogP contribution in [0, 0.1) is 11.7 Å². The molecule has 0 saturated carbocycles. The van der Waals surface area contributed by atoms with Crippen molar-refractivity contribution < 1.29 is 0 Å². The number of rotatable bonds is 1. The first-order valence-corrected chi connectivity index (χ1v) is 4.32. The topological polar surface area (TPSA) is 0 Å². The minimum atomic E-state index is 1.08. The molecule has 0 radical (unpaired) electrons. The molecular weight excluding hydrogens is 208 g/mol. The van der Waals surface area contributed by atoms with Gasteiger partial charge in [-0.05, 0) is 41.3 Å². The summed E-state index contributed by atoms with van der Waals surface area (Å²) in [7, 11) is 0. The summed E-state index contributed by atoms with van der Waals surface area (Å²) in [5.41, 5.74) is 0. The van der Waals surface area contributed by atoms with Gasteiger partial charge >= 0.3 is 0 Å². The van der Waals surface area contributed by atoms with Crippen molar-refractivity contribution in [2.75, 3.05) is 0 Å². The molecule has 0 heterocycles. The molecule has 0 aliphatic rings. The van der Waals surface area contributed by atoms with Crippen LogP contribution in [0.15, 0.2) is 33.6 Å². The lowest BCUT2D eigenvalue weighted by Gasteiger charge is -1.92. The zero-order chi connectivity index (χ0) is 7.40. The molecule has 1 aromatic rings. The molecule has 0 amide bonds. The molecule has 1 rings (SSSR count). The Hall–Kier alpha value is -0.390. The summed E-state index contributed by atoms with van der Waals surface area (Å²) in [4.78, 5) is 1.10. The van der Waals surface area contributed by atoms with Gasteiger partial charge < -0.3 is 0 Å². The number of benzene rings is 1. The maximum atomic E-state index is 5.10. The average molecular weight is 213 g/mol. The minimum Gasteiger partial charge on any atom is -0.108 e. The van der Waals surface area contributed by atoms with Gasteiger partial charge in [-0.25, -0.2) is 0 Å². The number of hydrogen-bond donors (Lipinski definition) is 0. The summed E-state index contributed by atoms with van der Waals surface area (Å²) < 4.78 is 1.08. The highest BCUT2D eigenvalue weighted by atomic mass is 79.9. The molecule has 1 aromatic carbocycles. The highest BCUT2D eigenvalue weighted by molar-refractivity contribution is 9.10. The standard InChI is InChI=1S/C8H5BrS/c1-2-10-8-5-3-7(9)4-6-8/h1,3-6H. The normalized spacial score (nSPS) is 8.80. The maximum absolute atomic E-state index is 5.10. The first-order valence-electron chi connectivity index (χ1n) is 2.71. The van der Waals surface area contributed by atoms with Crippen molar-refractivity contribution >= 4 is 27.7 Å². The predicted molar refractivity (Wildman–Crippen MR) is 48.8 cm³/mol. The molecule has 10 heavy (non-hydrogen) atoms. The van der Waals surface area contributed by atoms with Gasteiger partial charge in [-0.2, -0.15) is 0 Å².